The van der Waals surface area contributed by atoms with Crippen LogP contribution in [0.2, 0.25) is 0 Å². The summed E-state index contributed by atoms with van der Waals surface area (Å²) in [5.74, 6) is 1.24. The first kappa shape index (κ1) is 16.3. The van der Waals surface area contributed by atoms with E-state index in [4.69, 9.17) is 4.74 Å². The minimum Gasteiger partial charge on any atom is -0.444 e. The van der Waals surface area contributed by atoms with Gasteiger partial charge in [-0.3, -0.25) is 0 Å². The average molecular weight is 316 g/mol. The summed E-state index contributed by atoms with van der Waals surface area (Å²) >= 11 is 0. The van der Waals surface area contributed by atoms with Crippen molar-refractivity contribution in [3.8, 4) is 0 Å². The molecule has 1 aliphatic carbocycles. The van der Waals surface area contributed by atoms with Crippen LogP contribution in [-0.4, -0.2) is 35.7 Å². The predicted octanol–water partition coefficient (Wildman–Crippen LogP) is 3.42. The Morgan fingerprint density at radius 2 is 1.78 bits per heavy atom. The molecule has 0 unspecified atom stereocenters. The zero-order valence-electron chi connectivity index (χ0n) is 14.4. The van der Waals surface area contributed by atoms with Gasteiger partial charge >= 0.3 is 6.09 Å². The molecule has 23 heavy (non-hydrogen) atoms. The van der Waals surface area contributed by atoms with Crippen LogP contribution in [0.15, 0.2) is 30.3 Å². The fraction of sp³-hybridized carbons (Fsp3) is 0.632. The maximum Gasteiger partial charge on any atom is 0.410 e. The molecule has 1 amide bonds. The number of nitrogens with zero attached hydrogens (tertiary/aromatic N) is 1. The largest absolute Gasteiger partial charge is 0.444 e. The summed E-state index contributed by atoms with van der Waals surface area (Å²) < 4.78 is 5.49. The van der Waals surface area contributed by atoms with E-state index >= 15 is 0 Å². The highest BCUT2D eigenvalue weighted by Crippen LogP contribution is 2.38. The summed E-state index contributed by atoms with van der Waals surface area (Å²) in [6.45, 7) is 8.40. The second kappa shape index (κ2) is 6.52. The summed E-state index contributed by atoms with van der Waals surface area (Å²) in [6.07, 6.45) is 2.17. The second-order valence-corrected chi connectivity index (χ2v) is 7.94. The zero-order valence-corrected chi connectivity index (χ0v) is 14.4. The van der Waals surface area contributed by atoms with E-state index in [0.717, 1.165) is 32.5 Å². The van der Waals surface area contributed by atoms with E-state index in [2.05, 4.69) is 35.6 Å². The maximum absolute atomic E-state index is 12.2. The van der Waals surface area contributed by atoms with Crippen molar-refractivity contribution in [3.05, 3.63) is 35.9 Å². The number of ether oxygens (including phenoxy) is 1. The number of carbonyl (C=O) groups is 1. The highest BCUT2D eigenvalue weighted by Gasteiger charge is 2.43. The Bertz CT molecular complexity index is 524. The molecule has 1 saturated heterocycles. The first-order valence-electron chi connectivity index (χ1n) is 8.66. The van der Waals surface area contributed by atoms with Crippen molar-refractivity contribution in [2.45, 2.75) is 51.8 Å². The molecule has 2 aliphatic rings. The number of hydrogen-bond acceptors (Lipinski definition) is 3. The van der Waals surface area contributed by atoms with Gasteiger partial charge in [0.05, 0.1) is 0 Å². The molecular weight excluding hydrogens is 288 g/mol. The molecule has 0 radical (unpaired) electrons. The monoisotopic (exact) mass is 316 g/mol. The summed E-state index contributed by atoms with van der Waals surface area (Å²) in [6, 6.07) is 11.1. The standard InChI is InChI=1S/C19H28N2O2/c1-19(2,3)23-18(22)21-12-15-9-17(10-16(15)13-21)20-11-14-7-5-4-6-8-14/h4-8,15-17,20H,9-13H2,1-3H3/t15-,16-/m1/s1. The molecule has 3 rings (SSSR count). The van der Waals surface area contributed by atoms with Crippen LogP contribution in [0.4, 0.5) is 4.79 Å². The van der Waals surface area contributed by atoms with Crippen LogP contribution in [0, 0.1) is 11.8 Å². The van der Waals surface area contributed by atoms with Gasteiger partial charge in [0.25, 0.3) is 0 Å². The van der Waals surface area contributed by atoms with Gasteiger partial charge in [-0.1, -0.05) is 30.3 Å². The van der Waals surface area contributed by atoms with E-state index in [1.54, 1.807) is 0 Å². The number of hydrogen-bond donors (Lipinski definition) is 1. The van der Waals surface area contributed by atoms with Crippen molar-refractivity contribution in [1.29, 1.82) is 0 Å². The Kier molecular flexibility index (Phi) is 4.62. The van der Waals surface area contributed by atoms with Crippen LogP contribution in [0.3, 0.4) is 0 Å². The number of likely N-dealkylation sites (tertiary alicyclic amines) is 1. The molecule has 1 aromatic carbocycles. The third-order valence-electron chi connectivity index (χ3n) is 4.84. The molecule has 0 spiro atoms. The lowest BCUT2D eigenvalue weighted by Crippen LogP contribution is -2.37. The lowest BCUT2D eigenvalue weighted by Gasteiger charge is -2.25. The number of fused-ring (bicyclic) bond motifs is 1. The number of rotatable bonds is 3. The lowest BCUT2D eigenvalue weighted by molar-refractivity contribution is 0.0279. The molecule has 1 aromatic rings. The van der Waals surface area contributed by atoms with Crippen molar-refractivity contribution in [1.82, 2.24) is 10.2 Å². The number of amides is 1. The van der Waals surface area contributed by atoms with Gasteiger partial charge in [0.15, 0.2) is 0 Å². The first-order valence-corrected chi connectivity index (χ1v) is 8.66. The summed E-state index contributed by atoms with van der Waals surface area (Å²) in [5.41, 5.74) is 0.925. The van der Waals surface area contributed by atoms with Gasteiger partial charge in [-0.25, -0.2) is 4.79 Å². The Morgan fingerprint density at radius 1 is 1.17 bits per heavy atom. The fourth-order valence-electron chi connectivity index (χ4n) is 3.80. The van der Waals surface area contributed by atoms with E-state index < -0.39 is 5.60 Å². The Hall–Kier alpha value is -1.55. The highest BCUT2D eigenvalue weighted by atomic mass is 16.6. The molecule has 4 nitrogen and oxygen atoms in total. The molecule has 1 saturated carbocycles. The Balaban J connectivity index is 1.45. The van der Waals surface area contributed by atoms with Crippen LogP contribution in [0.1, 0.15) is 39.2 Å². The third kappa shape index (κ3) is 4.25. The van der Waals surface area contributed by atoms with E-state index in [-0.39, 0.29) is 6.09 Å². The zero-order chi connectivity index (χ0) is 16.4. The second-order valence-electron chi connectivity index (χ2n) is 7.94. The lowest BCUT2D eigenvalue weighted by atomic mass is 10.0. The molecule has 1 aliphatic heterocycles. The third-order valence-corrected chi connectivity index (χ3v) is 4.84. The van der Waals surface area contributed by atoms with Crippen molar-refractivity contribution in [2.24, 2.45) is 11.8 Å². The molecule has 1 heterocycles. The van der Waals surface area contributed by atoms with Crippen LogP contribution in [0.5, 0.6) is 0 Å². The molecule has 1 N–H and O–H groups in total. The van der Waals surface area contributed by atoms with E-state index in [9.17, 15) is 4.79 Å². The molecule has 2 atom stereocenters. The molecule has 2 fully saturated rings. The molecule has 4 heteroatoms. The van der Waals surface area contributed by atoms with Crippen LogP contribution in [0.25, 0.3) is 0 Å². The molecular formula is C19H28N2O2. The van der Waals surface area contributed by atoms with Crippen LogP contribution >= 0.6 is 0 Å². The Morgan fingerprint density at radius 3 is 2.35 bits per heavy atom. The SMILES string of the molecule is CC(C)(C)OC(=O)N1C[C@H]2CC(NCc3ccccc3)C[C@@H]2C1. The van der Waals surface area contributed by atoms with Crippen molar-refractivity contribution in [3.63, 3.8) is 0 Å². The van der Waals surface area contributed by atoms with Gasteiger partial charge in [0, 0.05) is 25.7 Å². The van der Waals surface area contributed by atoms with Crippen LogP contribution in [-0.2, 0) is 11.3 Å². The smallest absolute Gasteiger partial charge is 0.410 e. The highest BCUT2D eigenvalue weighted by molar-refractivity contribution is 5.68. The Labute approximate surface area is 139 Å². The minimum absolute atomic E-state index is 0.152. The van der Waals surface area contributed by atoms with Gasteiger partial charge in [-0.2, -0.15) is 0 Å². The van der Waals surface area contributed by atoms with Crippen molar-refractivity contribution in [2.75, 3.05) is 13.1 Å². The van der Waals surface area contributed by atoms with Crippen LogP contribution < -0.4 is 5.32 Å². The quantitative estimate of drug-likeness (QED) is 0.929. The maximum atomic E-state index is 12.2. The van der Waals surface area contributed by atoms with Gasteiger partial charge < -0.3 is 15.0 Å². The summed E-state index contributed by atoms with van der Waals surface area (Å²) in [4.78, 5) is 14.1. The fourth-order valence-corrected chi connectivity index (χ4v) is 3.80. The van der Waals surface area contributed by atoms with Gasteiger partial charge in [-0.15, -0.1) is 0 Å². The molecule has 0 bridgehead atoms. The minimum atomic E-state index is -0.408. The van der Waals surface area contributed by atoms with Gasteiger partial charge in [0.2, 0.25) is 0 Å². The molecule has 126 valence electrons. The average Bonchev–Trinajstić information content (AvgIpc) is 3.02. The van der Waals surface area contributed by atoms with Crippen molar-refractivity contribution < 1.29 is 9.53 Å². The normalized spacial score (nSPS) is 24.7. The first-order chi connectivity index (χ1) is 10.9. The van der Waals surface area contributed by atoms with Gasteiger partial charge in [-0.05, 0) is 51.0 Å². The number of nitrogens with one attached hydrogen (secondary N) is 1. The number of carbonyl (C=O) groups excluding carboxylic acids is 1. The van der Waals surface area contributed by atoms with E-state index in [1.807, 2.05) is 25.7 Å². The number of benzene rings is 1. The van der Waals surface area contributed by atoms with Crippen molar-refractivity contribution >= 4 is 6.09 Å². The molecule has 0 aromatic heterocycles. The van der Waals surface area contributed by atoms with Gasteiger partial charge in [0.1, 0.15) is 5.60 Å². The van der Waals surface area contributed by atoms with E-state index in [0.29, 0.717) is 17.9 Å². The topological polar surface area (TPSA) is 41.6 Å². The summed E-state index contributed by atoms with van der Waals surface area (Å²) in [5, 5.41) is 3.67. The van der Waals surface area contributed by atoms with E-state index in [1.165, 1.54) is 5.56 Å². The summed E-state index contributed by atoms with van der Waals surface area (Å²) in [7, 11) is 0. The predicted molar refractivity (Wildman–Crippen MR) is 91.1 cm³/mol.